The van der Waals surface area contributed by atoms with Gasteiger partial charge in [-0.2, -0.15) is 0 Å². The van der Waals surface area contributed by atoms with E-state index in [1.165, 1.54) is 44.1 Å². The highest BCUT2D eigenvalue weighted by Crippen LogP contribution is 2.15. The van der Waals surface area contributed by atoms with Crippen molar-refractivity contribution in [1.82, 2.24) is 0 Å². The van der Waals surface area contributed by atoms with E-state index in [9.17, 15) is 4.79 Å². The molecule has 0 aromatic heterocycles. The molecule has 32 heavy (non-hydrogen) atoms. The molecule has 0 spiro atoms. The van der Waals surface area contributed by atoms with E-state index in [4.69, 9.17) is 18.9 Å². The number of benzene rings is 2. The van der Waals surface area contributed by atoms with Gasteiger partial charge in [0.15, 0.2) is 0 Å². The number of rotatable bonds is 18. The molecular weight excluding hydrogens is 404 g/mol. The van der Waals surface area contributed by atoms with Crippen LogP contribution in [0.4, 0.5) is 0 Å². The van der Waals surface area contributed by atoms with Crippen molar-refractivity contribution in [3.8, 4) is 5.75 Å². The Bertz CT molecular complexity index is 715. The van der Waals surface area contributed by atoms with Crippen molar-refractivity contribution >= 4 is 5.97 Å². The number of aryl methyl sites for hydroxylation is 1. The Hall–Kier alpha value is -2.37. The molecule has 0 heterocycles. The largest absolute Gasteiger partial charge is 0.491 e. The fourth-order valence-electron chi connectivity index (χ4n) is 3.25. The van der Waals surface area contributed by atoms with Crippen molar-refractivity contribution in [2.45, 2.75) is 51.9 Å². The Morgan fingerprint density at radius 2 is 1.31 bits per heavy atom. The van der Waals surface area contributed by atoms with Gasteiger partial charge in [0.2, 0.25) is 0 Å². The quantitative estimate of drug-likeness (QED) is 0.214. The van der Waals surface area contributed by atoms with Crippen LogP contribution in [-0.4, -0.2) is 45.6 Å². The summed E-state index contributed by atoms with van der Waals surface area (Å²) in [4.78, 5) is 11.8. The van der Waals surface area contributed by atoms with Crippen molar-refractivity contribution in [1.29, 1.82) is 0 Å². The molecule has 0 fully saturated rings. The molecule has 2 rings (SSSR count). The highest BCUT2D eigenvalue weighted by Gasteiger charge is 2.05. The summed E-state index contributed by atoms with van der Waals surface area (Å²) in [5.74, 6) is 0.537. The zero-order valence-corrected chi connectivity index (χ0v) is 19.4. The molecule has 0 N–H and O–H groups in total. The van der Waals surface area contributed by atoms with Crippen molar-refractivity contribution in [3.05, 3.63) is 65.7 Å². The molecule has 2 aromatic carbocycles. The first kappa shape index (κ1) is 25.9. The second-order valence-corrected chi connectivity index (χ2v) is 7.74. The van der Waals surface area contributed by atoms with Crippen LogP contribution in [0.1, 0.15) is 61.4 Å². The van der Waals surface area contributed by atoms with Crippen molar-refractivity contribution < 1.29 is 23.7 Å². The van der Waals surface area contributed by atoms with Crippen LogP contribution < -0.4 is 4.74 Å². The maximum atomic E-state index is 11.8. The molecule has 0 saturated carbocycles. The molecule has 0 atom stereocenters. The fourth-order valence-corrected chi connectivity index (χ4v) is 3.25. The number of unbranched alkanes of at least 4 members (excludes halogenated alkanes) is 5. The van der Waals surface area contributed by atoms with Gasteiger partial charge in [0.05, 0.1) is 32.0 Å². The van der Waals surface area contributed by atoms with Gasteiger partial charge in [-0.1, -0.05) is 69.4 Å². The van der Waals surface area contributed by atoms with E-state index in [1.54, 1.807) is 24.3 Å². The van der Waals surface area contributed by atoms with Gasteiger partial charge in [-0.3, -0.25) is 0 Å². The summed E-state index contributed by atoms with van der Waals surface area (Å²) in [6, 6.07) is 17.3. The molecule has 5 nitrogen and oxygen atoms in total. The Morgan fingerprint density at radius 3 is 2.03 bits per heavy atom. The summed E-state index contributed by atoms with van der Waals surface area (Å²) >= 11 is 0. The summed E-state index contributed by atoms with van der Waals surface area (Å²) in [5, 5.41) is 0. The Labute approximate surface area is 193 Å². The van der Waals surface area contributed by atoms with E-state index in [2.05, 4.69) is 19.1 Å². The Morgan fingerprint density at radius 1 is 0.688 bits per heavy atom. The maximum absolute atomic E-state index is 11.8. The molecule has 0 saturated heterocycles. The molecular formula is C27H38O5. The van der Waals surface area contributed by atoms with Crippen LogP contribution in [0.2, 0.25) is 0 Å². The van der Waals surface area contributed by atoms with Gasteiger partial charge in [-0.15, -0.1) is 0 Å². The maximum Gasteiger partial charge on any atom is 0.338 e. The van der Waals surface area contributed by atoms with Gasteiger partial charge in [-0.25, -0.2) is 4.79 Å². The van der Waals surface area contributed by atoms with Gasteiger partial charge in [0.25, 0.3) is 0 Å². The molecule has 0 bridgehead atoms. The molecule has 0 unspecified atom stereocenters. The summed E-state index contributed by atoms with van der Waals surface area (Å²) in [5.41, 5.74) is 1.92. The number of carbonyl (C=O) groups is 1. The van der Waals surface area contributed by atoms with E-state index < -0.39 is 0 Å². The minimum absolute atomic E-state index is 0.228. The standard InChI is InChI=1S/C27H38O5/c1-2-3-4-5-6-8-11-24-14-16-26(17-15-24)31-22-20-29-18-19-30-21-23-32-27(28)25-12-9-7-10-13-25/h7,9-10,12-17H,2-6,8,11,18-23H2,1H3. The monoisotopic (exact) mass is 442 g/mol. The van der Waals surface area contributed by atoms with E-state index in [1.807, 2.05) is 18.2 Å². The van der Waals surface area contributed by atoms with Crippen LogP contribution in [0.5, 0.6) is 5.75 Å². The van der Waals surface area contributed by atoms with Gasteiger partial charge in [0, 0.05) is 0 Å². The van der Waals surface area contributed by atoms with Gasteiger partial charge in [-0.05, 0) is 42.7 Å². The molecule has 0 aliphatic rings. The molecule has 2 aromatic rings. The normalized spacial score (nSPS) is 10.8. The van der Waals surface area contributed by atoms with Crippen LogP contribution in [-0.2, 0) is 20.6 Å². The van der Waals surface area contributed by atoms with Crippen LogP contribution in [0, 0.1) is 0 Å². The second kappa shape index (κ2) is 17.2. The van der Waals surface area contributed by atoms with Crippen molar-refractivity contribution in [2.24, 2.45) is 0 Å². The van der Waals surface area contributed by atoms with Crippen LogP contribution in [0.3, 0.4) is 0 Å². The second-order valence-electron chi connectivity index (χ2n) is 7.74. The summed E-state index contributed by atoms with van der Waals surface area (Å²) in [6.45, 7) is 4.77. The number of ether oxygens (including phenoxy) is 4. The lowest BCUT2D eigenvalue weighted by Crippen LogP contribution is -2.14. The number of hydrogen-bond acceptors (Lipinski definition) is 5. The topological polar surface area (TPSA) is 54.0 Å². The van der Waals surface area contributed by atoms with Crippen LogP contribution in [0.15, 0.2) is 54.6 Å². The zero-order chi connectivity index (χ0) is 22.7. The lowest BCUT2D eigenvalue weighted by molar-refractivity contribution is 0.0106. The zero-order valence-electron chi connectivity index (χ0n) is 19.4. The smallest absolute Gasteiger partial charge is 0.338 e. The SMILES string of the molecule is CCCCCCCCc1ccc(OCCOCCOCCOC(=O)c2ccccc2)cc1. The minimum Gasteiger partial charge on any atom is -0.491 e. The average Bonchev–Trinajstić information content (AvgIpc) is 2.83. The molecule has 0 amide bonds. The van der Waals surface area contributed by atoms with Gasteiger partial charge < -0.3 is 18.9 Å². The number of hydrogen-bond donors (Lipinski definition) is 0. The fraction of sp³-hybridized carbons (Fsp3) is 0.519. The van der Waals surface area contributed by atoms with Crippen molar-refractivity contribution in [3.63, 3.8) is 0 Å². The first-order valence-corrected chi connectivity index (χ1v) is 11.9. The van der Waals surface area contributed by atoms with E-state index in [-0.39, 0.29) is 12.6 Å². The predicted molar refractivity (Wildman–Crippen MR) is 127 cm³/mol. The highest BCUT2D eigenvalue weighted by atomic mass is 16.6. The lowest BCUT2D eigenvalue weighted by atomic mass is 10.0. The average molecular weight is 443 g/mol. The third-order valence-corrected chi connectivity index (χ3v) is 5.08. The van der Waals surface area contributed by atoms with Crippen molar-refractivity contribution in [2.75, 3.05) is 39.6 Å². The first-order valence-electron chi connectivity index (χ1n) is 11.9. The van der Waals surface area contributed by atoms with E-state index >= 15 is 0 Å². The summed E-state index contributed by atoms with van der Waals surface area (Å²) in [6.07, 6.45) is 9.08. The molecule has 0 aliphatic heterocycles. The predicted octanol–water partition coefficient (Wildman–Crippen LogP) is 5.86. The Balaban J connectivity index is 1.40. The summed E-state index contributed by atoms with van der Waals surface area (Å²) < 4.78 is 21.8. The highest BCUT2D eigenvalue weighted by molar-refractivity contribution is 5.89. The van der Waals surface area contributed by atoms with E-state index in [0.717, 1.165) is 12.2 Å². The molecule has 0 aliphatic carbocycles. The van der Waals surface area contributed by atoms with Crippen LogP contribution in [0.25, 0.3) is 0 Å². The molecule has 5 heteroatoms. The number of carbonyl (C=O) groups excluding carboxylic acids is 1. The summed E-state index contributed by atoms with van der Waals surface area (Å²) in [7, 11) is 0. The van der Waals surface area contributed by atoms with E-state index in [0.29, 0.717) is 38.6 Å². The third kappa shape index (κ3) is 11.9. The first-order chi connectivity index (χ1) is 15.8. The van der Waals surface area contributed by atoms with Gasteiger partial charge in [0.1, 0.15) is 19.0 Å². The molecule has 0 radical (unpaired) electrons. The molecule has 176 valence electrons. The minimum atomic E-state index is -0.335. The van der Waals surface area contributed by atoms with Gasteiger partial charge >= 0.3 is 5.97 Å². The lowest BCUT2D eigenvalue weighted by Gasteiger charge is -2.09. The number of esters is 1. The van der Waals surface area contributed by atoms with Crippen LogP contribution >= 0.6 is 0 Å². The Kier molecular flexibility index (Phi) is 13.9. The third-order valence-electron chi connectivity index (χ3n) is 5.08.